The quantitative estimate of drug-likeness (QED) is 0.823. The number of nitrogens with one attached hydrogen (secondary N) is 1. The predicted molar refractivity (Wildman–Crippen MR) is 55.2 cm³/mol. The molecule has 0 aliphatic rings. The smallest absolute Gasteiger partial charge is 0.258 e. The van der Waals surface area contributed by atoms with E-state index < -0.39 is 5.82 Å². The standard InChI is InChI=1S/C11H14FNO2/c1-8(2)13-11(14)7-15-10-6-4-3-5-9(10)12/h3-6,8H,7H2,1-2H3,(H,13,14). The van der Waals surface area contributed by atoms with Crippen molar-refractivity contribution in [2.24, 2.45) is 0 Å². The molecule has 1 aromatic rings. The van der Waals surface area contributed by atoms with Gasteiger partial charge >= 0.3 is 0 Å². The third kappa shape index (κ3) is 3.97. The Balaban J connectivity index is 2.44. The number of halogens is 1. The lowest BCUT2D eigenvalue weighted by molar-refractivity contribution is -0.123. The molecule has 0 heterocycles. The zero-order valence-corrected chi connectivity index (χ0v) is 8.79. The molecule has 0 aliphatic carbocycles. The molecule has 0 aliphatic heterocycles. The van der Waals surface area contributed by atoms with E-state index in [1.807, 2.05) is 13.8 Å². The molecule has 1 rings (SSSR count). The van der Waals surface area contributed by atoms with Crippen LogP contribution in [0.15, 0.2) is 24.3 Å². The minimum Gasteiger partial charge on any atom is -0.481 e. The Morgan fingerprint density at radius 3 is 2.73 bits per heavy atom. The van der Waals surface area contributed by atoms with Crippen LogP contribution in [0, 0.1) is 5.82 Å². The minimum atomic E-state index is -0.463. The Morgan fingerprint density at radius 1 is 1.47 bits per heavy atom. The van der Waals surface area contributed by atoms with Crippen molar-refractivity contribution in [2.45, 2.75) is 19.9 Å². The van der Waals surface area contributed by atoms with Crippen molar-refractivity contribution >= 4 is 5.91 Å². The number of benzene rings is 1. The average molecular weight is 211 g/mol. The molecule has 0 aromatic heterocycles. The van der Waals surface area contributed by atoms with Gasteiger partial charge in [-0.25, -0.2) is 4.39 Å². The molecule has 0 saturated heterocycles. The van der Waals surface area contributed by atoms with Crippen LogP contribution in [0.5, 0.6) is 5.75 Å². The van der Waals surface area contributed by atoms with Crippen LogP contribution in [-0.2, 0) is 4.79 Å². The summed E-state index contributed by atoms with van der Waals surface area (Å²) in [6.07, 6.45) is 0. The summed E-state index contributed by atoms with van der Waals surface area (Å²) in [5, 5.41) is 2.65. The van der Waals surface area contributed by atoms with Crippen LogP contribution in [0.3, 0.4) is 0 Å². The molecule has 0 atom stereocenters. The van der Waals surface area contributed by atoms with Crippen LogP contribution >= 0.6 is 0 Å². The van der Waals surface area contributed by atoms with Gasteiger partial charge in [0, 0.05) is 6.04 Å². The summed E-state index contributed by atoms with van der Waals surface area (Å²) in [6.45, 7) is 3.53. The SMILES string of the molecule is CC(C)NC(=O)COc1ccccc1F. The third-order valence-corrected chi connectivity index (χ3v) is 1.65. The fourth-order valence-corrected chi connectivity index (χ4v) is 1.07. The Bertz CT molecular complexity index is 339. The van der Waals surface area contributed by atoms with Crippen LogP contribution < -0.4 is 10.1 Å². The molecule has 15 heavy (non-hydrogen) atoms. The van der Waals surface area contributed by atoms with Crippen LogP contribution in [0.2, 0.25) is 0 Å². The molecule has 1 aromatic carbocycles. The second kappa shape index (κ2) is 5.34. The normalized spacial score (nSPS) is 10.1. The van der Waals surface area contributed by atoms with Gasteiger partial charge in [-0.3, -0.25) is 4.79 Å². The maximum atomic E-state index is 13.0. The highest BCUT2D eigenvalue weighted by Gasteiger charge is 2.06. The molecule has 4 heteroatoms. The zero-order chi connectivity index (χ0) is 11.3. The van der Waals surface area contributed by atoms with Gasteiger partial charge in [0.05, 0.1) is 0 Å². The van der Waals surface area contributed by atoms with E-state index in [0.29, 0.717) is 0 Å². The Morgan fingerprint density at radius 2 is 2.13 bits per heavy atom. The van der Waals surface area contributed by atoms with Crippen LogP contribution in [0.4, 0.5) is 4.39 Å². The van der Waals surface area contributed by atoms with Gasteiger partial charge in [-0.2, -0.15) is 0 Å². The summed E-state index contributed by atoms with van der Waals surface area (Å²) in [4.78, 5) is 11.2. The highest BCUT2D eigenvalue weighted by molar-refractivity contribution is 5.77. The van der Waals surface area contributed by atoms with E-state index in [9.17, 15) is 9.18 Å². The monoisotopic (exact) mass is 211 g/mol. The van der Waals surface area contributed by atoms with Crippen molar-refractivity contribution in [1.82, 2.24) is 5.32 Å². The van der Waals surface area contributed by atoms with Gasteiger partial charge in [-0.05, 0) is 26.0 Å². The van der Waals surface area contributed by atoms with Gasteiger partial charge in [-0.15, -0.1) is 0 Å². The molecular formula is C11H14FNO2. The van der Waals surface area contributed by atoms with E-state index in [4.69, 9.17) is 4.74 Å². The van der Waals surface area contributed by atoms with Gasteiger partial charge < -0.3 is 10.1 Å². The number of carbonyl (C=O) groups is 1. The summed E-state index contributed by atoms with van der Waals surface area (Å²) in [7, 11) is 0. The van der Waals surface area contributed by atoms with Crippen molar-refractivity contribution in [3.8, 4) is 5.75 Å². The first-order chi connectivity index (χ1) is 7.09. The second-order valence-electron chi connectivity index (χ2n) is 3.44. The fraction of sp³-hybridized carbons (Fsp3) is 0.364. The molecular weight excluding hydrogens is 197 g/mol. The molecule has 0 fully saturated rings. The first-order valence-electron chi connectivity index (χ1n) is 4.76. The first kappa shape index (κ1) is 11.5. The maximum Gasteiger partial charge on any atom is 0.258 e. The number of amides is 1. The number of hydrogen-bond donors (Lipinski definition) is 1. The van der Waals surface area contributed by atoms with Crippen LogP contribution in [0.25, 0.3) is 0 Å². The summed E-state index contributed by atoms with van der Waals surface area (Å²) < 4.78 is 18.1. The summed E-state index contributed by atoms with van der Waals surface area (Å²) in [5.74, 6) is -0.625. The lowest BCUT2D eigenvalue weighted by Gasteiger charge is -2.09. The van der Waals surface area contributed by atoms with E-state index in [0.717, 1.165) is 0 Å². The van der Waals surface area contributed by atoms with E-state index in [-0.39, 0.29) is 24.3 Å². The van der Waals surface area contributed by atoms with E-state index in [1.54, 1.807) is 12.1 Å². The predicted octanol–water partition coefficient (Wildman–Crippen LogP) is 1.73. The first-order valence-corrected chi connectivity index (χ1v) is 4.76. The van der Waals surface area contributed by atoms with Crippen LogP contribution in [-0.4, -0.2) is 18.6 Å². The van der Waals surface area contributed by atoms with Crippen molar-refractivity contribution in [2.75, 3.05) is 6.61 Å². The van der Waals surface area contributed by atoms with Crippen molar-refractivity contribution in [1.29, 1.82) is 0 Å². The molecule has 0 radical (unpaired) electrons. The summed E-state index contributed by atoms with van der Waals surface area (Å²) in [5.41, 5.74) is 0. The Labute approximate surface area is 88.2 Å². The summed E-state index contributed by atoms with van der Waals surface area (Å²) >= 11 is 0. The lowest BCUT2D eigenvalue weighted by Crippen LogP contribution is -2.34. The molecule has 82 valence electrons. The molecule has 0 bridgehead atoms. The number of rotatable bonds is 4. The second-order valence-corrected chi connectivity index (χ2v) is 3.44. The molecule has 0 saturated carbocycles. The zero-order valence-electron chi connectivity index (χ0n) is 8.79. The topological polar surface area (TPSA) is 38.3 Å². The third-order valence-electron chi connectivity index (χ3n) is 1.65. The molecule has 1 N–H and O–H groups in total. The highest BCUT2D eigenvalue weighted by Crippen LogP contribution is 2.14. The molecule has 1 amide bonds. The molecule has 0 spiro atoms. The van der Waals surface area contributed by atoms with Crippen molar-refractivity contribution < 1.29 is 13.9 Å². The number of hydrogen-bond acceptors (Lipinski definition) is 2. The highest BCUT2D eigenvalue weighted by atomic mass is 19.1. The van der Waals surface area contributed by atoms with Gasteiger partial charge in [0.15, 0.2) is 18.2 Å². The van der Waals surface area contributed by atoms with Crippen LogP contribution in [0.1, 0.15) is 13.8 Å². The van der Waals surface area contributed by atoms with Gasteiger partial charge in [0.1, 0.15) is 0 Å². The Kier molecular flexibility index (Phi) is 4.09. The average Bonchev–Trinajstić information content (AvgIpc) is 2.15. The number of para-hydroxylation sites is 1. The minimum absolute atomic E-state index is 0.0571. The van der Waals surface area contributed by atoms with Crippen molar-refractivity contribution in [3.63, 3.8) is 0 Å². The fourth-order valence-electron chi connectivity index (χ4n) is 1.07. The molecule has 0 unspecified atom stereocenters. The summed E-state index contributed by atoms with van der Waals surface area (Å²) in [6, 6.07) is 6.05. The van der Waals surface area contributed by atoms with E-state index in [1.165, 1.54) is 12.1 Å². The maximum absolute atomic E-state index is 13.0. The number of ether oxygens (including phenoxy) is 1. The lowest BCUT2D eigenvalue weighted by atomic mass is 10.3. The van der Waals surface area contributed by atoms with Crippen molar-refractivity contribution in [3.05, 3.63) is 30.1 Å². The Hall–Kier alpha value is -1.58. The number of carbonyl (C=O) groups excluding carboxylic acids is 1. The largest absolute Gasteiger partial charge is 0.481 e. The van der Waals surface area contributed by atoms with Gasteiger partial charge in [0.25, 0.3) is 5.91 Å². The molecule has 3 nitrogen and oxygen atoms in total. The van der Waals surface area contributed by atoms with E-state index >= 15 is 0 Å². The van der Waals surface area contributed by atoms with Gasteiger partial charge in [-0.1, -0.05) is 12.1 Å². The van der Waals surface area contributed by atoms with E-state index in [2.05, 4.69) is 5.32 Å². The van der Waals surface area contributed by atoms with Gasteiger partial charge in [0.2, 0.25) is 0 Å².